The average molecular weight is 252 g/mol. The predicted molar refractivity (Wildman–Crippen MR) is 53.0 cm³/mol. The van der Waals surface area contributed by atoms with E-state index in [1.54, 1.807) is 6.92 Å². The lowest BCUT2D eigenvalue weighted by molar-refractivity contribution is 0.0525. The van der Waals surface area contributed by atoms with Crippen molar-refractivity contribution in [3.8, 4) is 0 Å². The molecule has 0 saturated heterocycles. The maximum absolute atomic E-state index is 12.4. The maximum Gasteiger partial charge on any atom is 0.339 e. The van der Waals surface area contributed by atoms with Crippen LogP contribution in [-0.4, -0.2) is 17.6 Å². The molecule has 1 aromatic rings. The van der Waals surface area contributed by atoms with Gasteiger partial charge in [0.05, 0.1) is 17.2 Å². The zero-order valence-corrected chi connectivity index (χ0v) is 8.98. The molecule has 0 aliphatic heterocycles. The van der Waals surface area contributed by atoms with E-state index in [4.69, 9.17) is 11.6 Å². The van der Waals surface area contributed by atoms with Gasteiger partial charge in [0.2, 0.25) is 5.56 Å². The van der Waals surface area contributed by atoms with Gasteiger partial charge in [0.15, 0.2) is 0 Å². The maximum atomic E-state index is 12.4. The predicted octanol–water partition coefficient (Wildman–Crippen LogP) is 2.14. The Labute approximate surface area is 94.2 Å². The van der Waals surface area contributed by atoms with Crippen LogP contribution in [0.5, 0.6) is 0 Å². The van der Waals surface area contributed by atoms with Crippen LogP contribution < -0.4 is 5.56 Å². The third kappa shape index (κ3) is 2.57. The quantitative estimate of drug-likeness (QED) is 0.838. The minimum atomic E-state index is -2.96. The highest BCUT2D eigenvalue weighted by Crippen LogP contribution is 2.26. The van der Waals surface area contributed by atoms with E-state index in [-0.39, 0.29) is 12.2 Å². The number of rotatable bonds is 3. The largest absolute Gasteiger partial charge is 0.462 e. The fraction of sp³-hybridized carbons (Fsp3) is 0.333. The smallest absolute Gasteiger partial charge is 0.339 e. The Kier molecular flexibility index (Phi) is 4.00. The number of halogens is 3. The highest BCUT2D eigenvalue weighted by molar-refractivity contribution is 6.34. The van der Waals surface area contributed by atoms with E-state index in [9.17, 15) is 18.4 Å². The minimum Gasteiger partial charge on any atom is -0.462 e. The van der Waals surface area contributed by atoms with Crippen molar-refractivity contribution in [3.05, 3.63) is 32.7 Å². The topological polar surface area (TPSA) is 59.2 Å². The van der Waals surface area contributed by atoms with Crippen LogP contribution in [0.2, 0.25) is 5.02 Å². The van der Waals surface area contributed by atoms with E-state index in [0.29, 0.717) is 0 Å². The van der Waals surface area contributed by atoms with Gasteiger partial charge in [-0.2, -0.15) is 0 Å². The summed E-state index contributed by atoms with van der Waals surface area (Å²) in [6.07, 6.45) is -2.96. The van der Waals surface area contributed by atoms with E-state index in [1.165, 1.54) is 0 Å². The second kappa shape index (κ2) is 5.07. The lowest BCUT2D eigenvalue weighted by Gasteiger charge is -2.07. The molecule has 88 valence electrons. The van der Waals surface area contributed by atoms with E-state index in [1.807, 2.05) is 4.98 Å². The summed E-state index contributed by atoms with van der Waals surface area (Å²) in [5, 5.41) is -0.493. The van der Waals surface area contributed by atoms with Crippen molar-refractivity contribution in [3.63, 3.8) is 0 Å². The van der Waals surface area contributed by atoms with Crippen LogP contribution in [-0.2, 0) is 4.74 Å². The molecule has 0 fully saturated rings. The number of alkyl halides is 2. The highest BCUT2D eigenvalue weighted by Gasteiger charge is 2.21. The van der Waals surface area contributed by atoms with Crippen LogP contribution in [0.3, 0.4) is 0 Å². The molecule has 0 spiro atoms. The summed E-state index contributed by atoms with van der Waals surface area (Å²) in [5.74, 6) is -0.902. The van der Waals surface area contributed by atoms with Gasteiger partial charge in [-0.1, -0.05) is 11.6 Å². The second-order valence-electron chi connectivity index (χ2n) is 2.80. The van der Waals surface area contributed by atoms with Crippen LogP contribution in [0.1, 0.15) is 29.4 Å². The highest BCUT2D eigenvalue weighted by atomic mass is 35.5. The zero-order chi connectivity index (χ0) is 12.3. The van der Waals surface area contributed by atoms with Gasteiger partial charge in [-0.25, -0.2) is 13.6 Å². The first-order chi connectivity index (χ1) is 7.47. The van der Waals surface area contributed by atoms with Gasteiger partial charge >= 0.3 is 5.97 Å². The van der Waals surface area contributed by atoms with E-state index < -0.39 is 28.7 Å². The molecule has 1 heterocycles. The molecule has 16 heavy (non-hydrogen) atoms. The Morgan fingerprint density at radius 1 is 1.62 bits per heavy atom. The molecule has 0 amide bonds. The van der Waals surface area contributed by atoms with Gasteiger partial charge < -0.3 is 9.72 Å². The number of pyridine rings is 1. The lowest BCUT2D eigenvalue weighted by atomic mass is 10.2. The Bertz CT molecular complexity index is 459. The summed E-state index contributed by atoms with van der Waals surface area (Å²) < 4.78 is 29.4. The molecule has 0 aliphatic carbocycles. The van der Waals surface area contributed by atoms with Crippen LogP contribution in [0, 0.1) is 0 Å². The number of hydrogen-bond acceptors (Lipinski definition) is 3. The molecular weight excluding hydrogens is 244 g/mol. The molecule has 7 heteroatoms. The fourth-order valence-corrected chi connectivity index (χ4v) is 1.33. The SMILES string of the molecule is CCOC(=O)c1cc(=O)[nH]c(C(F)F)c1Cl. The van der Waals surface area contributed by atoms with Crippen molar-refractivity contribution >= 4 is 17.6 Å². The summed E-state index contributed by atoms with van der Waals surface area (Å²) in [5.41, 5.74) is -1.97. The molecule has 0 bridgehead atoms. The Morgan fingerprint density at radius 3 is 2.75 bits per heavy atom. The number of esters is 1. The molecule has 0 saturated carbocycles. The number of aromatic nitrogens is 1. The molecule has 1 aromatic heterocycles. The summed E-state index contributed by atoms with van der Waals surface area (Å²) in [7, 11) is 0. The van der Waals surface area contributed by atoms with Crippen molar-refractivity contribution in [2.45, 2.75) is 13.3 Å². The summed E-state index contributed by atoms with van der Waals surface area (Å²) in [6, 6.07) is 0.826. The first-order valence-electron chi connectivity index (χ1n) is 4.35. The molecule has 1 N–H and O–H groups in total. The average Bonchev–Trinajstić information content (AvgIpc) is 2.20. The van der Waals surface area contributed by atoms with Crippen molar-refractivity contribution < 1.29 is 18.3 Å². The van der Waals surface area contributed by atoms with Crippen molar-refractivity contribution in [2.24, 2.45) is 0 Å². The van der Waals surface area contributed by atoms with Crippen molar-refractivity contribution in [1.82, 2.24) is 4.98 Å². The van der Waals surface area contributed by atoms with Gasteiger partial charge in [-0.15, -0.1) is 0 Å². The zero-order valence-electron chi connectivity index (χ0n) is 8.22. The number of carbonyl (C=O) groups is 1. The Balaban J connectivity index is 3.29. The molecule has 0 unspecified atom stereocenters. The summed E-state index contributed by atoms with van der Waals surface area (Å²) >= 11 is 5.56. The number of nitrogens with one attached hydrogen (secondary N) is 1. The molecule has 0 radical (unpaired) electrons. The molecule has 4 nitrogen and oxygen atoms in total. The van der Waals surface area contributed by atoms with Crippen molar-refractivity contribution in [2.75, 3.05) is 6.61 Å². The van der Waals surface area contributed by atoms with Gasteiger partial charge in [0.1, 0.15) is 5.69 Å². The first-order valence-corrected chi connectivity index (χ1v) is 4.73. The Morgan fingerprint density at radius 2 is 2.25 bits per heavy atom. The summed E-state index contributed by atoms with van der Waals surface area (Å²) in [4.78, 5) is 24.2. The summed E-state index contributed by atoms with van der Waals surface area (Å²) in [6.45, 7) is 1.61. The number of H-pyrrole nitrogens is 1. The fourth-order valence-electron chi connectivity index (χ4n) is 1.07. The number of carbonyl (C=O) groups excluding carboxylic acids is 1. The number of ether oxygens (including phenoxy) is 1. The van der Waals surface area contributed by atoms with E-state index in [0.717, 1.165) is 6.07 Å². The monoisotopic (exact) mass is 251 g/mol. The third-order valence-electron chi connectivity index (χ3n) is 1.72. The van der Waals surface area contributed by atoms with Crippen LogP contribution in [0.4, 0.5) is 8.78 Å². The van der Waals surface area contributed by atoms with E-state index in [2.05, 4.69) is 4.74 Å². The van der Waals surface area contributed by atoms with Gasteiger partial charge in [0, 0.05) is 6.07 Å². The normalized spacial score (nSPS) is 10.6. The lowest BCUT2D eigenvalue weighted by Crippen LogP contribution is -2.15. The first kappa shape index (κ1) is 12.6. The van der Waals surface area contributed by atoms with Gasteiger partial charge in [-0.05, 0) is 6.92 Å². The molecule has 0 aliphatic rings. The number of aromatic amines is 1. The second-order valence-corrected chi connectivity index (χ2v) is 3.17. The van der Waals surface area contributed by atoms with Crippen LogP contribution in [0.15, 0.2) is 10.9 Å². The third-order valence-corrected chi connectivity index (χ3v) is 2.13. The molecular formula is C9H8ClF2NO3. The van der Waals surface area contributed by atoms with Gasteiger partial charge in [0.25, 0.3) is 6.43 Å². The Hall–Kier alpha value is -1.43. The van der Waals surface area contributed by atoms with Gasteiger partial charge in [-0.3, -0.25) is 4.79 Å². The van der Waals surface area contributed by atoms with E-state index >= 15 is 0 Å². The minimum absolute atomic E-state index is 0.0615. The standard InChI is InChI=1S/C9H8ClF2NO3/c1-2-16-9(15)4-3-5(14)13-7(6(4)10)8(11)12/h3,8H,2H2,1H3,(H,13,14). The molecule has 0 aromatic carbocycles. The molecule has 0 atom stereocenters. The van der Waals surface area contributed by atoms with Crippen LogP contribution in [0.25, 0.3) is 0 Å². The van der Waals surface area contributed by atoms with Crippen LogP contribution >= 0.6 is 11.6 Å². The van der Waals surface area contributed by atoms with Crippen molar-refractivity contribution in [1.29, 1.82) is 0 Å². The number of hydrogen-bond donors (Lipinski definition) is 1. The molecule has 1 rings (SSSR count).